The average Bonchev–Trinajstić information content (AvgIpc) is 1.97. The van der Waals surface area contributed by atoms with Crippen LogP contribution >= 0.6 is 12.6 Å². The maximum absolute atomic E-state index is 12.4. The summed E-state index contributed by atoms with van der Waals surface area (Å²) in [5.41, 5.74) is -1.55. The Bertz CT molecular complexity index is 383. The van der Waals surface area contributed by atoms with Crippen LogP contribution in [0.4, 0.5) is 26.3 Å². The van der Waals surface area contributed by atoms with Crippen molar-refractivity contribution >= 4 is 12.6 Å². The van der Waals surface area contributed by atoms with Crippen LogP contribution in [0.3, 0.4) is 0 Å². The van der Waals surface area contributed by atoms with Gasteiger partial charge < -0.3 is 4.74 Å². The molecule has 0 aliphatic carbocycles. The van der Waals surface area contributed by atoms with Crippen LogP contribution in [-0.4, -0.2) is 6.36 Å². The molecule has 0 radical (unpaired) electrons. The smallest absolute Gasteiger partial charge is 0.405 e. The number of thiol groups is 1. The summed E-state index contributed by atoms with van der Waals surface area (Å²) in [6, 6.07) is 2.49. The zero-order chi connectivity index (χ0) is 12.6. The van der Waals surface area contributed by atoms with Gasteiger partial charge in [0.1, 0.15) is 11.3 Å². The average molecular weight is 262 g/mol. The van der Waals surface area contributed by atoms with E-state index in [0.29, 0.717) is 6.07 Å². The predicted octanol–water partition coefficient (Wildman–Crippen LogP) is 3.89. The van der Waals surface area contributed by atoms with Crippen molar-refractivity contribution in [3.05, 3.63) is 23.8 Å². The molecular weight excluding hydrogens is 258 g/mol. The summed E-state index contributed by atoms with van der Waals surface area (Å²) < 4.78 is 75.9. The summed E-state index contributed by atoms with van der Waals surface area (Å²) in [7, 11) is 0. The minimum atomic E-state index is -5.18. The van der Waals surface area contributed by atoms with E-state index in [4.69, 9.17) is 0 Å². The summed E-state index contributed by atoms with van der Waals surface area (Å²) in [5.74, 6) is -1.31. The highest BCUT2D eigenvalue weighted by atomic mass is 32.1. The zero-order valence-electron chi connectivity index (χ0n) is 7.36. The van der Waals surface area contributed by atoms with Gasteiger partial charge in [0, 0.05) is 4.90 Å². The monoisotopic (exact) mass is 262 g/mol. The largest absolute Gasteiger partial charge is 0.573 e. The van der Waals surface area contributed by atoms with Gasteiger partial charge in [-0.3, -0.25) is 0 Å². The van der Waals surface area contributed by atoms with Gasteiger partial charge in [0.05, 0.1) is 0 Å². The van der Waals surface area contributed by atoms with E-state index >= 15 is 0 Å². The normalized spacial score (nSPS) is 12.7. The fourth-order valence-corrected chi connectivity index (χ4v) is 1.34. The molecule has 0 N–H and O–H groups in total. The third-order valence-electron chi connectivity index (χ3n) is 1.51. The SMILES string of the molecule is FC(F)(F)Oc1cccc(S)c1C(F)(F)F. The maximum atomic E-state index is 12.4. The van der Waals surface area contributed by atoms with Crippen molar-refractivity contribution in [1.82, 2.24) is 0 Å². The minimum absolute atomic E-state index is 0.579. The molecule has 0 saturated carbocycles. The van der Waals surface area contributed by atoms with Crippen LogP contribution < -0.4 is 4.74 Å². The Morgan fingerprint density at radius 2 is 1.56 bits per heavy atom. The first-order valence-electron chi connectivity index (χ1n) is 3.76. The molecule has 0 heterocycles. The van der Waals surface area contributed by atoms with Crippen molar-refractivity contribution < 1.29 is 31.1 Å². The molecule has 0 aliphatic rings. The lowest BCUT2D eigenvalue weighted by Crippen LogP contribution is -2.20. The Morgan fingerprint density at radius 3 is 2.00 bits per heavy atom. The maximum Gasteiger partial charge on any atom is 0.573 e. The molecule has 0 bridgehead atoms. The van der Waals surface area contributed by atoms with Crippen molar-refractivity contribution in [3.63, 3.8) is 0 Å². The van der Waals surface area contributed by atoms with Gasteiger partial charge in [-0.1, -0.05) is 6.07 Å². The fourth-order valence-electron chi connectivity index (χ4n) is 1.01. The molecule has 90 valence electrons. The van der Waals surface area contributed by atoms with Crippen LogP contribution in [0, 0.1) is 0 Å². The Kier molecular flexibility index (Phi) is 3.32. The molecule has 1 aromatic rings. The Labute approximate surface area is 91.4 Å². The van der Waals surface area contributed by atoms with Crippen molar-refractivity contribution in [2.75, 3.05) is 0 Å². The molecule has 1 aromatic carbocycles. The van der Waals surface area contributed by atoms with Gasteiger partial charge >= 0.3 is 12.5 Å². The quantitative estimate of drug-likeness (QED) is 0.596. The third kappa shape index (κ3) is 3.22. The standard InChI is InChI=1S/C8H4F6OS/c9-7(10,11)6-4(15-8(12,13)14)2-1-3-5(6)16/h1-3,16H. The van der Waals surface area contributed by atoms with Gasteiger partial charge in [0.15, 0.2) is 0 Å². The molecule has 0 amide bonds. The molecule has 0 unspecified atom stereocenters. The highest BCUT2D eigenvalue weighted by Gasteiger charge is 2.40. The highest BCUT2D eigenvalue weighted by Crippen LogP contribution is 2.41. The van der Waals surface area contributed by atoms with E-state index < -0.39 is 28.7 Å². The summed E-state index contributed by atoms with van der Waals surface area (Å²) in [4.78, 5) is -0.630. The Hall–Kier alpha value is -1.05. The van der Waals surface area contributed by atoms with E-state index in [1.807, 2.05) is 0 Å². The summed E-state index contributed by atoms with van der Waals surface area (Å²) in [5, 5.41) is 0. The molecule has 8 heteroatoms. The molecule has 0 atom stereocenters. The number of hydrogen-bond donors (Lipinski definition) is 1. The molecule has 1 rings (SSSR count). The molecule has 16 heavy (non-hydrogen) atoms. The van der Waals surface area contributed by atoms with Gasteiger partial charge in [-0.2, -0.15) is 13.2 Å². The molecular formula is C8H4F6OS. The number of rotatable bonds is 1. The topological polar surface area (TPSA) is 9.23 Å². The lowest BCUT2D eigenvalue weighted by Gasteiger charge is -2.16. The second-order valence-corrected chi connectivity index (χ2v) is 3.18. The number of halogens is 6. The molecule has 0 spiro atoms. The number of hydrogen-bond acceptors (Lipinski definition) is 2. The third-order valence-corrected chi connectivity index (χ3v) is 1.89. The van der Waals surface area contributed by atoms with Crippen LogP contribution in [0.5, 0.6) is 5.75 Å². The van der Waals surface area contributed by atoms with Crippen LogP contribution in [0.2, 0.25) is 0 Å². The summed E-state index contributed by atoms with van der Waals surface area (Å²) in [6.07, 6.45) is -10.1. The molecule has 1 nitrogen and oxygen atoms in total. The first-order valence-corrected chi connectivity index (χ1v) is 4.21. The van der Waals surface area contributed by atoms with E-state index in [0.717, 1.165) is 12.1 Å². The van der Waals surface area contributed by atoms with Gasteiger partial charge in [-0.15, -0.1) is 25.8 Å². The molecule has 0 fully saturated rings. The number of alkyl halides is 6. The fraction of sp³-hybridized carbons (Fsp3) is 0.250. The lowest BCUT2D eigenvalue weighted by atomic mass is 10.2. The van der Waals surface area contributed by atoms with Crippen LogP contribution in [0.1, 0.15) is 5.56 Å². The Balaban J connectivity index is 3.24. The van der Waals surface area contributed by atoms with Crippen molar-refractivity contribution in [2.24, 2.45) is 0 Å². The van der Waals surface area contributed by atoms with Gasteiger partial charge in [-0.25, -0.2) is 0 Å². The number of ether oxygens (including phenoxy) is 1. The molecule has 0 aliphatic heterocycles. The van der Waals surface area contributed by atoms with Gasteiger partial charge in [0.2, 0.25) is 0 Å². The predicted molar refractivity (Wildman–Crippen MR) is 45.4 cm³/mol. The van der Waals surface area contributed by atoms with Crippen LogP contribution in [-0.2, 0) is 6.18 Å². The number of benzene rings is 1. The summed E-state index contributed by atoms with van der Waals surface area (Å²) in [6.45, 7) is 0. The van der Waals surface area contributed by atoms with Crippen LogP contribution in [0.15, 0.2) is 23.1 Å². The minimum Gasteiger partial charge on any atom is -0.405 e. The van der Waals surface area contributed by atoms with E-state index in [1.54, 1.807) is 0 Å². The van der Waals surface area contributed by atoms with E-state index in [-0.39, 0.29) is 0 Å². The van der Waals surface area contributed by atoms with E-state index in [9.17, 15) is 26.3 Å². The van der Waals surface area contributed by atoms with Crippen molar-refractivity contribution in [2.45, 2.75) is 17.4 Å². The first kappa shape index (κ1) is 13.0. The summed E-state index contributed by atoms with van der Waals surface area (Å²) >= 11 is 3.44. The molecule has 0 aromatic heterocycles. The van der Waals surface area contributed by atoms with E-state index in [2.05, 4.69) is 17.4 Å². The van der Waals surface area contributed by atoms with Crippen molar-refractivity contribution in [3.8, 4) is 5.75 Å². The second-order valence-electron chi connectivity index (χ2n) is 2.70. The molecule has 0 saturated heterocycles. The highest BCUT2D eigenvalue weighted by molar-refractivity contribution is 7.80. The van der Waals surface area contributed by atoms with Crippen LogP contribution in [0.25, 0.3) is 0 Å². The van der Waals surface area contributed by atoms with Gasteiger partial charge in [-0.05, 0) is 12.1 Å². The first-order chi connectivity index (χ1) is 7.11. The van der Waals surface area contributed by atoms with E-state index in [1.165, 1.54) is 0 Å². The lowest BCUT2D eigenvalue weighted by molar-refractivity contribution is -0.276. The van der Waals surface area contributed by atoms with Gasteiger partial charge in [0.25, 0.3) is 0 Å². The van der Waals surface area contributed by atoms with Crippen molar-refractivity contribution in [1.29, 1.82) is 0 Å². The second kappa shape index (κ2) is 4.08. The Morgan fingerprint density at radius 1 is 1.00 bits per heavy atom. The zero-order valence-corrected chi connectivity index (χ0v) is 8.25.